The van der Waals surface area contributed by atoms with Gasteiger partial charge in [0.25, 0.3) is 0 Å². The third-order valence-corrected chi connectivity index (χ3v) is 2.84. The minimum Gasteiger partial charge on any atom is -0.308 e. The summed E-state index contributed by atoms with van der Waals surface area (Å²) in [5, 5.41) is 9.29. The molecule has 3 nitrogen and oxygen atoms in total. The fourth-order valence-electron chi connectivity index (χ4n) is 0.849. The molecule has 0 bridgehead atoms. The van der Waals surface area contributed by atoms with Gasteiger partial charge in [-0.1, -0.05) is 4.49 Å². The Morgan fingerprint density at radius 3 is 3.17 bits per heavy atom. The molecule has 0 aliphatic heterocycles. The maximum Gasteiger partial charge on any atom is 0.0893 e. The molecular weight excluding hydrogens is 190 g/mol. The second-order valence-corrected chi connectivity index (χ2v) is 4.15. The van der Waals surface area contributed by atoms with Gasteiger partial charge in [0.05, 0.1) is 5.69 Å². The molecule has 1 heterocycles. The molecule has 0 spiro atoms. The monoisotopic (exact) mass is 203 g/mol. The molecule has 0 fully saturated rings. The summed E-state index contributed by atoms with van der Waals surface area (Å²) >= 11 is 3.25. The van der Waals surface area contributed by atoms with E-state index in [0.29, 0.717) is 6.04 Å². The Morgan fingerprint density at radius 2 is 2.58 bits per heavy atom. The Labute approximate surface area is 81.1 Å². The van der Waals surface area contributed by atoms with Crippen LogP contribution < -0.4 is 5.32 Å². The van der Waals surface area contributed by atoms with Gasteiger partial charge < -0.3 is 5.32 Å². The van der Waals surface area contributed by atoms with Crippen molar-refractivity contribution in [3.05, 3.63) is 11.1 Å². The Kier molecular flexibility index (Phi) is 4.57. The Balaban J connectivity index is 2.17. The first-order valence-corrected chi connectivity index (χ1v) is 6.04. The minimum absolute atomic E-state index is 0.543. The highest BCUT2D eigenvalue weighted by atomic mass is 32.2. The van der Waals surface area contributed by atoms with Gasteiger partial charge in [-0.05, 0) is 24.7 Å². The Bertz CT molecular complexity index is 200. The average molecular weight is 203 g/mol. The van der Waals surface area contributed by atoms with Crippen LogP contribution in [0.3, 0.4) is 0 Å². The van der Waals surface area contributed by atoms with E-state index in [0.717, 1.165) is 18.0 Å². The summed E-state index contributed by atoms with van der Waals surface area (Å²) in [6.45, 7) is 3.01. The number of hydrogen-bond donors (Lipinski definition) is 1. The van der Waals surface area contributed by atoms with Crippen molar-refractivity contribution in [1.82, 2.24) is 14.9 Å². The van der Waals surface area contributed by atoms with Gasteiger partial charge in [0.15, 0.2) is 0 Å². The maximum absolute atomic E-state index is 3.95. The molecule has 68 valence electrons. The molecule has 1 aromatic heterocycles. The average Bonchev–Trinajstić information content (AvgIpc) is 2.53. The second kappa shape index (κ2) is 5.50. The first-order chi connectivity index (χ1) is 5.83. The summed E-state index contributed by atoms with van der Waals surface area (Å²) in [5.74, 6) is 1.14. The molecule has 0 saturated carbocycles. The number of rotatable bonds is 5. The molecule has 0 radical (unpaired) electrons. The van der Waals surface area contributed by atoms with Crippen LogP contribution in [0.15, 0.2) is 5.38 Å². The number of hydrogen-bond acceptors (Lipinski definition) is 5. The summed E-state index contributed by atoms with van der Waals surface area (Å²) < 4.78 is 3.79. The Hall–Kier alpha value is -0.130. The van der Waals surface area contributed by atoms with Gasteiger partial charge in [0.2, 0.25) is 0 Å². The lowest BCUT2D eigenvalue weighted by molar-refractivity contribution is 0.587. The molecule has 0 aliphatic rings. The van der Waals surface area contributed by atoms with E-state index in [9.17, 15) is 0 Å². The largest absolute Gasteiger partial charge is 0.308 e. The lowest BCUT2D eigenvalue weighted by atomic mass is 10.4. The number of nitrogens with zero attached hydrogens (tertiary/aromatic N) is 2. The molecule has 1 aromatic rings. The molecule has 1 N–H and O–H groups in total. The van der Waals surface area contributed by atoms with Crippen LogP contribution >= 0.6 is 23.3 Å². The van der Waals surface area contributed by atoms with Crippen LogP contribution in [-0.4, -0.2) is 27.6 Å². The van der Waals surface area contributed by atoms with Gasteiger partial charge >= 0.3 is 0 Å². The van der Waals surface area contributed by atoms with Gasteiger partial charge in [0, 0.05) is 23.7 Å². The van der Waals surface area contributed by atoms with Crippen LogP contribution in [0.4, 0.5) is 0 Å². The van der Waals surface area contributed by atoms with Crippen LogP contribution in [0.1, 0.15) is 12.6 Å². The molecule has 0 aliphatic carbocycles. The lowest BCUT2D eigenvalue weighted by Crippen LogP contribution is -2.27. The first-order valence-electron chi connectivity index (χ1n) is 3.81. The topological polar surface area (TPSA) is 37.8 Å². The van der Waals surface area contributed by atoms with Crippen molar-refractivity contribution in [2.75, 3.05) is 12.0 Å². The zero-order chi connectivity index (χ0) is 8.81. The van der Waals surface area contributed by atoms with Crippen molar-refractivity contribution in [1.29, 1.82) is 0 Å². The quantitative estimate of drug-likeness (QED) is 0.784. The van der Waals surface area contributed by atoms with Gasteiger partial charge in [-0.3, -0.25) is 0 Å². The zero-order valence-electron chi connectivity index (χ0n) is 7.28. The number of aromatic nitrogens is 2. The molecule has 12 heavy (non-hydrogen) atoms. The highest BCUT2D eigenvalue weighted by Crippen LogP contribution is 1.99. The Morgan fingerprint density at radius 1 is 1.75 bits per heavy atom. The summed E-state index contributed by atoms with van der Waals surface area (Å²) in [7, 11) is 0. The van der Waals surface area contributed by atoms with E-state index < -0.39 is 0 Å². The maximum atomic E-state index is 3.95. The third-order valence-electron chi connectivity index (χ3n) is 1.45. The molecule has 0 saturated heterocycles. The highest BCUT2D eigenvalue weighted by molar-refractivity contribution is 7.98. The summed E-state index contributed by atoms with van der Waals surface area (Å²) in [4.78, 5) is 0. The zero-order valence-corrected chi connectivity index (χ0v) is 8.91. The summed E-state index contributed by atoms with van der Waals surface area (Å²) in [6, 6.07) is 0.543. The van der Waals surface area contributed by atoms with Crippen molar-refractivity contribution < 1.29 is 0 Å². The smallest absolute Gasteiger partial charge is 0.0893 e. The fourth-order valence-corrected chi connectivity index (χ4v) is 1.92. The minimum atomic E-state index is 0.543. The van der Waals surface area contributed by atoms with Gasteiger partial charge in [-0.2, -0.15) is 11.8 Å². The van der Waals surface area contributed by atoms with Crippen molar-refractivity contribution >= 4 is 23.3 Å². The number of nitrogens with one attached hydrogen (secondary N) is 1. The lowest BCUT2D eigenvalue weighted by Gasteiger charge is -2.09. The molecule has 5 heteroatoms. The molecule has 0 amide bonds. The van der Waals surface area contributed by atoms with Gasteiger partial charge in [-0.25, -0.2) is 0 Å². The van der Waals surface area contributed by atoms with Crippen molar-refractivity contribution in [3.8, 4) is 0 Å². The van der Waals surface area contributed by atoms with Crippen molar-refractivity contribution in [2.24, 2.45) is 0 Å². The van der Waals surface area contributed by atoms with E-state index in [4.69, 9.17) is 0 Å². The van der Waals surface area contributed by atoms with E-state index in [1.807, 2.05) is 17.1 Å². The van der Waals surface area contributed by atoms with E-state index in [1.54, 1.807) is 0 Å². The molecule has 0 aromatic carbocycles. The number of thioether (sulfide) groups is 1. The van der Waals surface area contributed by atoms with Crippen LogP contribution in [0.2, 0.25) is 0 Å². The van der Waals surface area contributed by atoms with E-state index in [2.05, 4.69) is 28.1 Å². The highest BCUT2D eigenvalue weighted by Gasteiger charge is 2.01. The van der Waals surface area contributed by atoms with Crippen molar-refractivity contribution in [2.45, 2.75) is 19.5 Å². The van der Waals surface area contributed by atoms with Gasteiger partial charge in [0.1, 0.15) is 0 Å². The predicted octanol–water partition coefficient (Wildman–Crippen LogP) is 1.38. The first kappa shape index (κ1) is 9.95. The SMILES string of the molecule is CSCC(C)NCc1csnn1. The predicted molar refractivity (Wildman–Crippen MR) is 54.6 cm³/mol. The summed E-state index contributed by atoms with van der Waals surface area (Å²) in [5.41, 5.74) is 1.04. The van der Waals surface area contributed by atoms with E-state index >= 15 is 0 Å². The third kappa shape index (κ3) is 3.51. The van der Waals surface area contributed by atoms with Crippen LogP contribution in [-0.2, 0) is 6.54 Å². The molecule has 1 atom stereocenters. The van der Waals surface area contributed by atoms with Crippen LogP contribution in [0.5, 0.6) is 0 Å². The molecular formula is C7H13N3S2. The van der Waals surface area contributed by atoms with Crippen LogP contribution in [0.25, 0.3) is 0 Å². The van der Waals surface area contributed by atoms with Crippen molar-refractivity contribution in [3.63, 3.8) is 0 Å². The summed E-state index contributed by atoms with van der Waals surface area (Å²) in [6.07, 6.45) is 2.11. The molecule has 1 unspecified atom stereocenters. The normalized spacial score (nSPS) is 13.2. The standard InChI is InChI=1S/C7H13N3S2/c1-6(4-11-2)8-3-7-5-12-10-9-7/h5-6,8H,3-4H2,1-2H3. The second-order valence-electron chi connectivity index (χ2n) is 2.63. The van der Waals surface area contributed by atoms with E-state index in [1.165, 1.54) is 11.5 Å². The molecule has 1 rings (SSSR count). The van der Waals surface area contributed by atoms with E-state index in [-0.39, 0.29) is 0 Å². The van der Waals surface area contributed by atoms with Crippen LogP contribution in [0, 0.1) is 0 Å². The fraction of sp³-hybridized carbons (Fsp3) is 0.714. The van der Waals surface area contributed by atoms with Gasteiger partial charge in [-0.15, -0.1) is 5.10 Å².